The van der Waals surface area contributed by atoms with Crippen LogP contribution in [-0.4, -0.2) is 38.2 Å². The van der Waals surface area contributed by atoms with Crippen molar-refractivity contribution in [2.24, 2.45) is 0 Å². The van der Waals surface area contributed by atoms with Gasteiger partial charge in [-0.05, 0) is 48.7 Å². The van der Waals surface area contributed by atoms with Crippen molar-refractivity contribution in [3.8, 4) is 11.5 Å². The summed E-state index contributed by atoms with van der Waals surface area (Å²) < 4.78 is 15.9. The van der Waals surface area contributed by atoms with Gasteiger partial charge < -0.3 is 19.1 Å². The minimum absolute atomic E-state index is 0.0429. The molecule has 3 rings (SSSR count). The summed E-state index contributed by atoms with van der Waals surface area (Å²) in [5.74, 6) is 1.56. The SMILES string of the molecule is COCc1ccc(C(=O)N(Cc2cc(OC)ccc2OC)C2CC2)cc1. The molecule has 0 spiro atoms. The van der Waals surface area contributed by atoms with E-state index in [-0.39, 0.29) is 11.9 Å². The minimum atomic E-state index is 0.0429. The minimum Gasteiger partial charge on any atom is -0.497 e. The van der Waals surface area contributed by atoms with Gasteiger partial charge in [0, 0.05) is 24.3 Å². The third-order valence-corrected chi connectivity index (χ3v) is 4.59. The quantitative estimate of drug-likeness (QED) is 0.725. The largest absolute Gasteiger partial charge is 0.497 e. The second-order valence-electron chi connectivity index (χ2n) is 6.47. The Morgan fingerprint density at radius 1 is 1.04 bits per heavy atom. The monoisotopic (exact) mass is 355 g/mol. The maximum atomic E-state index is 13.1. The van der Waals surface area contributed by atoms with Crippen LogP contribution >= 0.6 is 0 Å². The van der Waals surface area contributed by atoms with Crippen molar-refractivity contribution in [1.29, 1.82) is 0 Å². The molecule has 1 aliphatic rings. The number of methoxy groups -OCH3 is 3. The van der Waals surface area contributed by atoms with Gasteiger partial charge >= 0.3 is 0 Å². The molecule has 0 atom stereocenters. The first-order chi connectivity index (χ1) is 12.7. The van der Waals surface area contributed by atoms with Crippen LogP contribution in [0.1, 0.15) is 34.3 Å². The van der Waals surface area contributed by atoms with Crippen LogP contribution in [0.5, 0.6) is 11.5 Å². The van der Waals surface area contributed by atoms with Crippen LogP contribution in [0.25, 0.3) is 0 Å². The van der Waals surface area contributed by atoms with E-state index in [4.69, 9.17) is 14.2 Å². The number of benzene rings is 2. The maximum absolute atomic E-state index is 13.1. The molecule has 2 aromatic rings. The smallest absolute Gasteiger partial charge is 0.254 e. The van der Waals surface area contributed by atoms with Crippen molar-refractivity contribution in [2.75, 3.05) is 21.3 Å². The number of hydrogen-bond acceptors (Lipinski definition) is 4. The van der Waals surface area contributed by atoms with E-state index in [1.54, 1.807) is 21.3 Å². The van der Waals surface area contributed by atoms with Crippen LogP contribution < -0.4 is 9.47 Å². The summed E-state index contributed by atoms with van der Waals surface area (Å²) in [6.45, 7) is 1.05. The van der Waals surface area contributed by atoms with Crippen molar-refractivity contribution in [3.63, 3.8) is 0 Å². The lowest BCUT2D eigenvalue weighted by molar-refractivity contribution is 0.0728. The zero-order valence-electron chi connectivity index (χ0n) is 15.5. The topological polar surface area (TPSA) is 48.0 Å². The second kappa shape index (κ2) is 8.23. The van der Waals surface area contributed by atoms with E-state index < -0.39 is 0 Å². The highest BCUT2D eigenvalue weighted by Gasteiger charge is 2.33. The third kappa shape index (κ3) is 4.17. The van der Waals surface area contributed by atoms with Gasteiger partial charge in [0.15, 0.2) is 0 Å². The second-order valence-corrected chi connectivity index (χ2v) is 6.47. The van der Waals surface area contributed by atoms with Crippen molar-refractivity contribution < 1.29 is 19.0 Å². The van der Waals surface area contributed by atoms with Gasteiger partial charge in [-0.3, -0.25) is 4.79 Å². The number of rotatable bonds is 8. The first-order valence-corrected chi connectivity index (χ1v) is 8.76. The molecule has 0 aliphatic heterocycles. The first kappa shape index (κ1) is 18.3. The van der Waals surface area contributed by atoms with Gasteiger partial charge in [-0.15, -0.1) is 0 Å². The Hall–Kier alpha value is -2.53. The van der Waals surface area contributed by atoms with Crippen molar-refractivity contribution in [2.45, 2.75) is 32.0 Å². The Morgan fingerprint density at radius 3 is 2.35 bits per heavy atom. The van der Waals surface area contributed by atoms with Crippen molar-refractivity contribution >= 4 is 5.91 Å². The summed E-state index contributed by atoms with van der Waals surface area (Å²) in [6, 6.07) is 13.6. The lowest BCUT2D eigenvalue weighted by Crippen LogP contribution is -2.32. The van der Waals surface area contributed by atoms with Crippen molar-refractivity contribution in [1.82, 2.24) is 4.90 Å². The molecule has 0 radical (unpaired) electrons. The molecular formula is C21H25NO4. The fourth-order valence-corrected chi connectivity index (χ4v) is 3.02. The Kier molecular flexibility index (Phi) is 5.78. The van der Waals surface area contributed by atoms with E-state index in [1.165, 1.54) is 0 Å². The molecule has 0 bridgehead atoms. The molecule has 1 aliphatic carbocycles. The molecule has 1 amide bonds. The van der Waals surface area contributed by atoms with Crippen LogP contribution in [-0.2, 0) is 17.9 Å². The standard InChI is InChI=1S/C21H25NO4/c1-24-14-15-4-6-16(7-5-15)21(23)22(18-8-9-18)13-17-12-19(25-2)10-11-20(17)26-3/h4-7,10-12,18H,8-9,13-14H2,1-3H3. The number of carbonyl (C=O) groups is 1. The number of hydrogen-bond donors (Lipinski definition) is 0. The van der Waals surface area contributed by atoms with Crippen LogP contribution in [0.3, 0.4) is 0 Å². The lowest BCUT2D eigenvalue weighted by atomic mass is 10.1. The Bertz CT molecular complexity index is 753. The molecule has 2 aromatic carbocycles. The zero-order valence-corrected chi connectivity index (χ0v) is 15.5. The summed E-state index contributed by atoms with van der Waals surface area (Å²) in [5.41, 5.74) is 2.69. The summed E-state index contributed by atoms with van der Waals surface area (Å²) in [7, 11) is 4.94. The van der Waals surface area contributed by atoms with Gasteiger partial charge in [0.1, 0.15) is 11.5 Å². The predicted octanol–water partition coefficient (Wildman–Crippen LogP) is 3.66. The molecule has 0 N–H and O–H groups in total. The molecular weight excluding hydrogens is 330 g/mol. The lowest BCUT2D eigenvalue weighted by Gasteiger charge is -2.24. The summed E-state index contributed by atoms with van der Waals surface area (Å²) in [6.07, 6.45) is 2.08. The van der Waals surface area contributed by atoms with Gasteiger partial charge in [0.2, 0.25) is 0 Å². The molecule has 1 fully saturated rings. The molecule has 0 unspecified atom stereocenters. The average molecular weight is 355 g/mol. The Balaban J connectivity index is 1.82. The van der Waals surface area contributed by atoms with E-state index >= 15 is 0 Å². The third-order valence-electron chi connectivity index (χ3n) is 4.59. The Morgan fingerprint density at radius 2 is 1.77 bits per heavy atom. The van der Waals surface area contributed by atoms with E-state index in [0.717, 1.165) is 35.5 Å². The number of nitrogens with zero attached hydrogens (tertiary/aromatic N) is 1. The maximum Gasteiger partial charge on any atom is 0.254 e. The molecule has 5 heteroatoms. The van der Waals surface area contributed by atoms with Gasteiger partial charge in [0.25, 0.3) is 5.91 Å². The van der Waals surface area contributed by atoms with E-state index in [1.807, 2.05) is 47.4 Å². The van der Waals surface area contributed by atoms with Crippen LogP contribution in [0.2, 0.25) is 0 Å². The van der Waals surface area contributed by atoms with Gasteiger partial charge in [0.05, 0.1) is 27.4 Å². The highest BCUT2D eigenvalue weighted by molar-refractivity contribution is 5.94. The van der Waals surface area contributed by atoms with Crippen LogP contribution in [0.4, 0.5) is 0 Å². The highest BCUT2D eigenvalue weighted by Crippen LogP contribution is 2.33. The molecule has 5 nitrogen and oxygen atoms in total. The number of ether oxygens (including phenoxy) is 3. The number of carbonyl (C=O) groups excluding carboxylic acids is 1. The average Bonchev–Trinajstić information content (AvgIpc) is 3.51. The van der Waals surface area contributed by atoms with E-state index in [2.05, 4.69) is 0 Å². The fraction of sp³-hybridized carbons (Fsp3) is 0.381. The van der Waals surface area contributed by atoms with Crippen molar-refractivity contribution in [3.05, 3.63) is 59.2 Å². The molecule has 1 saturated carbocycles. The Labute approximate surface area is 154 Å². The molecule has 0 aromatic heterocycles. The number of amides is 1. The van der Waals surface area contributed by atoms with Gasteiger partial charge in [-0.2, -0.15) is 0 Å². The van der Waals surface area contributed by atoms with E-state index in [0.29, 0.717) is 18.7 Å². The summed E-state index contributed by atoms with van der Waals surface area (Å²) in [5, 5.41) is 0. The molecule has 26 heavy (non-hydrogen) atoms. The summed E-state index contributed by atoms with van der Waals surface area (Å²) in [4.78, 5) is 15.0. The first-order valence-electron chi connectivity index (χ1n) is 8.76. The fourth-order valence-electron chi connectivity index (χ4n) is 3.02. The normalized spacial score (nSPS) is 13.3. The zero-order chi connectivity index (χ0) is 18.5. The summed E-state index contributed by atoms with van der Waals surface area (Å²) >= 11 is 0. The molecule has 0 heterocycles. The molecule has 0 saturated heterocycles. The predicted molar refractivity (Wildman–Crippen MR) is 99.6 cm³/mol. The van der Waals surface area contributed by atoms with Crippen LogP contribution in [0.15, 0.2) is 42.5 Å². The van der Waals surface area contributed by atoms with Gasteiger partial charge in [-0.1, -0.05) is 12.1 Å². The van der Waals surface area contributed by atoms with E-state index in [9.17, 15) is 4.79 Å². The molecule has 138 valence electrons. The van der Waals surface area contributed by atoms with Gasteiger partial charge in [-0.25, -0.2) is 0 Å². The highest BCUT2D eigenvalue weighted by atomic mass is 16.5. The van der Waals surface area contributed by atoms with Crippen LogP contribution in [0, 0.1) is 0 Å².